The minimum absolute atomic E-state index is 0.163. The third kappa shape index (κ3) is 3.60. The molecule has 0 saturated heterocycles. The number of para-hydroxylation sites is 1. The topological polar surface area (TPSA) is 87.8 Å². The van der Waals surface area contributed by atoms with Crippen LogP contribution in [-0.4, -0.2) is 21.5 Å². The highest BCUT2D eigenvalue weighted by Crippen LogP contribution is 2.40. The Kier molecular flexibility index (Phi) is 5.08. The molecule has 6 nitrogen and oxygen atoms in total. The maximum atomic E-state index is 13.5. The Hall–Kier alpha value is -4.50. The molecule has 33 heavy (non-hydrogen) atoms. The van der Waals surface area contributed by atoms with E-state index in [0.717, 1.165) is 33.6 Å². The van der Waals surface area contributed by atoms with E-state index in [1.807, 2.05) is 79.7 Å². The van der Waals surface area contributed by atoms with Crippen LogP contribution in [0, 0.1) is 24.2 Å². The SMILES string of the molecule is Cc1ccc(NC(=O)C(C#N)C(=O)c2nn(-c3ccccc3)c3c2Cc2ccccc2-3)cc1. The number of rotatable bonds is 5. The molecular weight excluding hydrogens is 412 g/mol. The first-order valence-electron chi connectivity index (χ1n) is 10.6. The predicted molar refractivity (Wildman–Crippen MR) is 125 cm³/mol. The van der Waals surface area contributed by atoms with Gasteiger partial charge in [-0.2, -0.15) is 10.4 Å². The molecular formula is C27H20N4O2. The van der Waals surface area contributed by atoms with Crippen molar-refractivity contribution >= 4 is 17.4 Å². The quantitative estimate of drug-likeness (QED) is 0.322. The van der Waals surface area contributed by atoms with Gasteiger partial charge in [-0.15, -0.1) is 0 Å². The van der Waals surface area contributed by atoms with Crippen LogP contribution in [0.4, 0.5) is 5.69 Å². The third-order valence-electron chi connectivity index (χ3n) is 5.83. The first-order valence-corrected chi connectivity index (χ1v) is 10.6. The van der Waals surface area contributed by atoms with Crippen LogP contribution >= 0.6 is 0 Å². The molecule has 1 heterocycles. The first kappa shape index (κ1) is 20.4. The molecule has 0 bridgehead atoms. The van der Waals surface area contributed by atoms with Gasteiger partial charge in [0.2, 0.25) is 11.7 Å². The second kappa shape index (κ2) is 8.21. The van der Waals surface area contributed by atoms with Gasteiger partial charge in [-0.25, -0.2) is 4.68 Å². The number of benzene rings is 3. The van der Waals surface area contributed by atoms with Crippen molar-refractivity contribution in [2.75, 3.05) is 5.32 Å². The van der Waals surface area contributed by atoms with Crippen molar-refractivity contribution in [3.63, 3.8) is 0 Å². The fourth-order valence-electron chi connectivity index (χ4n) is 4.17. The summed E-state index contributed by atoms with van der Waals surface area (Å²) in [5, 5.41) is 17.0. The number of hydrogen-bond donors (Lipinski definition) is 1. The summed E-state index contributed by atoms with van der Waals surface area (Å²) in [5.74, 6) is -2.76. The summed E-state index contributed by atoms with van der Waals surface area (Å²) in [6, 6.07) is 26.5. The molecule has 3 aromatic carbocycles. The molecule has 0 spiro atoms. The van der Waals surface area contributed by atoms with Crippen LogP contribution in [0.15, 0.2) is 78.9 Å². The van der Waals surface area contributed by atoms with E-state index in [2.05, 4.69) is 10.4 Å². The summed E-state index contributed by atoms with van der Waals surface area (Å²) in [4.78, 5) is 26.3. The van der Waals surface area contributed by atoms with Crippen LogP contribution in [0.25, 0.3) is 16.9 Å². The van der Waals surface area contributed by atoms with E-state index in [9.17, 15) is 14.9 Å². The van der Waals surface area contributed by atoms with Crippen molar-refractivity contribution in [3.8, 4) is 23.0 Å². The van der Waals surface area contributed by atoms with Gasteiger partial charge in [0.05, 0.1) is 17.5 Å². The normalized spacial score (nSPS) is 12.4. The van der Waals surface area contributed by atoms with E-state index in [0.29, 0.717) is 12.1 Å². The maximum absolute atomic E-state index is 13.5. The van der Waals surface area contributed by atoms with E-state index < -0.39 is 17.6 Å². The number of hydrogen-bond acceptors (Lipinski definition) is 4. The predicted octanol–water partition coefficient (Wildman–Crippen LogP) is 4.71. The summed E-state index contributed by atoms with van der Waals surface area (Å²) in [5.41, 5.74) is 6.21. The number of fused-ring (bicyclic) bond motifs is 3. The lowest BCUT2D eigenvalue weighted by Crippen LogP contribution is -2.29. The van der Waals surface area contributed by atoms with Crippen molar-refractivity contribution in [1.29, 1.82) is 5.26 Å². The molecule has 0 saturated carbocycles. The molecule has 6 heteroatoms. The van der Waals surface area contributed by atoms with E-state index in [1.54, 1.807) is 16.8 Å². The van der Waals surface area contributed by atoms with Gasteiger partial charge in [0.25, 0.3) is 0 Å². The van der Waals surface area contributed by atoms with Crippen LogP contribution in [0.1, 0.15) is 27.2 Å². The lowest BCUT2D eigenvalue weighted by atomic mass is 9.98. The van der Waals surface area contributed by atoms with E-state index >= 15 is 0 Å². The van der Waals surface area contributed by atoms with Gasteiger partial charge in [-0.1, -0.05) is 60.2 Å². The Bertz CT molecular complexity index is 1410. The van der Waals surface area contributed by atoms with Crippen molar-refractivity contribution in [2.45, 2.75) is 13.3 Å². The highest BCUT2D eigenvalue weighted by atomic mass is 16.2. The Labute approximate surface area is 191 Å². The fourth-order valence-corrected chi connectivity index (χ4v) is 4.17. The third-order valence-corrected chi connectivity index (χ3v) is 5.83. The number of aryl methyl sites for hydroxylation is 1. The summed E-state index contributed by atoms with van der Waals surface area (Å²) < 4.78 is 1.74. The van der Waals surface area contributed by atoms with E-state index in [4.69, 9.17) is 0 Å². The lowest BCUT2D eigenvalue weighted by Gasteiger charge is -2.10. The van der Waals surface area contributed by atoms with Crippen LogP contribution < -0.4 is 5.32 Å². The number of nitrogens with zero attached hydrogens (tertiary/aromatic N) is 3. The number of aromatic nitrogens is 2. The van der Waals surface area contributed by atoms with Gasteiger partial charge in [0, 0.05) is 23.2 Å². The molecule has 1 aromatic heterocycles. The number of Topliss-reactive ketones (excluding diaryl/α,β-unsaturated/α-hetero) is 1. The minimum atomic E-state index is -1.50. The highest BCUT2D eigenvalue weighted by molar-refractivity contribution is 6.16. The van der Waals surface area contributed by atoms with Gasteiger partial charge >= 0.3 is 0 Å². The Morgan fingerprint density at radius 3 is 2.42 bits per heavy atom. The van der Waals surface area contributed by atoms with Gasteiger partial charge in [0.1, 0.15) is 5.69 Å². The number of carbonyl (C=O) groups excluding carboxylic acids is 2. The van der Waals surface area contributed by atoms with Crippen LogP contribution in [0.5, 0.6) is 0 Å². The number of nitriles is 1. The molecule has 4 aromatic rings. The van der Waals surface area contributed by atoms with Crippen molar-refractivity contribution < 1.29 is 9.59 Å². The van der Waals surface area contributed by atoms with Crippen molar-refractivity contribution in [2.24, 2.45) is 5.92 Å². The molecule has 160 valence electrons. The Morgan fingerprint density at radius 1 is 1.00 bits per heavy atom. The standard InChI is InChI=1S/C27H20N4O2/c1-17-11-13-19(14-12-17)29-27(33)23(16-28)26(32)24-22-15-18-7-5-6-10-21(18)25(22)31(30-24)20-8-3-2-4-9-20/h2-14,23H,15H2,1H3,(H,29,33). The largest absolute Gasteiger partial charge is 0.325 e. The summed E-state index contributed by atoms with van der Waals surface area (Å²) in [7, 11) is 0. The zero-order valence-electron chi connectivity index (χ0n) is 17.9. The number of anilines is 1. The van der Waals surface area contributed by atoms with E-state index in [-0.39, 0.29) is 5.69 Å². The molecule has 0 fully saturated rings. The molecule has 5 rings (SSSR count). The van der Waals surface area contributed by atoms with E-state index in [1.165, 1.54) is 0 Å². The van der Waals surface area contributed by atoms with Gasteiger partial charge < -0.3 is 5.32 Å². The van der Waals surface area contributed by atoms with Crippen molar-refractivity contribution in [1.82, 2.24) is 9.78 Å². The fraction of sp³-hybridized carbons (Fsp3) is 0.111. The Balaban J connectivity index is 1.54. The highest BCUT2D eigenvalue weighted by Gasteiger charge is 2.36. The lowest BCUT2D eigenvalue weighted by molar-refractivity contribution is -0.117. The average molecular weight is 432 g/mol. The number of amides is 1. The minimum Gasteiger partial charge on any atom is -0.325 e. The molecule has 1 aliphatic carbocycles. The molecule has 0 radical (unpaired) electrons. The first-order chi connectivity index (χ1) is 16.1. The monoisotopic (exact) mass is 432 g/mol. The van der Waals surface area contributed by atoms with Crippen molar-refractivity contribution in [3.05, 3.63) is 101 Å². The summed E-state index contributed by atoms with van der Waals surface area (Å²) in [6.45, 7) is 1.94. The number of carbonyl (C=O) groups is 2. The summed E-state index contributed by atoms with van der Waals surface area (Å²) in [6.07, 6.45) is 0.525. The molecule has 1 aliphatic rings. The molecule has 0 aliphatic heterocycles. The van der Waals surface area contributed by atoms with Crippen LogP contribution in [0.2, 0.25) is 0 Å². The smallest absolute Gasteiger partial charge is 0.249 e. The average Bonchev–Trinajstić information content (AvgIpc) is 3.39. The number of ketones is 1. The van der Waals surface area contributed by atoms with Crippen LogP contribution in [-0.2, 0) is 11.2 Å². The second-order valence-corrected chi connectivity index (χ2v) is 8.04. The molecule has 1 amide bonds. The zero-order valence-corrected chi connectivity index (χ0v) is 17.9. The summed E-state index contributed by atoms with van der Waals surface area (Å²) >= 11 is 0. The molecule has 1 N–H and O–H groups in total. The molecule has 1 unspecified atom stereocenters. The van der Waals surface area contributed by atoms with Crippen LogP contribution in [0.3, 0.4) is 0 Å². The number of nitrogens with one attached hydrogen (secondary N) is 1. The zero-order chi connectivity index (χ0) is 22.9. The molecule has 1 atom stereocenters. The van der Waals surface area contributed by atoms with Gasteiger partial charge in [-0.3, -0.25) is 9.59 Å². The second-order valence-electron chi connectivity index (χ2n) is 8.04. The Morgan fingerprint density at radius 2 is 1.70 bits per heavy atom. The van der Waals surface area contributed by atoms with Gasteiger partial charge in [-0.05, 0) is 36.8 Å². The van der Waals surface area contributed by atoms with Gasteiger partial charge in [0.15, 0.2) is 5.92 Å². The maximum Gasteiger partial charge on any atom is 0.249 e.